The van der Waals surface area contributed by atoms with Crippen LogP contribution in [0, 0.1) is 11.8 Å². The number of thioether (sulfide) groups is 1. The van der Waals surface area contributed by atoms with Gasteiger partial charge < -0.3 is 10.1 Å². The lowest BCUT2D eigenvalue weighted by Crippen LogP contribution is -2.42. The van der Waals surface area contributed by atoms with E-state index in [1.165, 1.54) is 56.6 Å². The second-order valence-electron chi connectivity index (χ2n) is 5.83. The Morgan fingerprint density at radius 2 is 2.11 bits per heavy atom. The van der Waals surface area contributed by atoms with E-state index in [2.05, 4.69) is 24.0 Å². The van der Waals surface area contributed by atoms with Gasteiger partial charge in [0.2, 0.25) is 0 Å². The van der Waals surface area contributed by atoms with Crippen LogP contribution in [0.25, 0.3) is 0 Å². The maximum Gasteiger partial charge on any atom is 0.0509 e. The van der Waals surface area contributed by atoms with Gasteiger partial charge in [-0.2, -0.15) is 11.8 Å². The molecule has 2 rings (SSSR count). The molecule has 0 spiro atoms. The van der Waals surface area contributed by atoms with Crippen molar-refractivity contribution in [1.29, 1.82) is 0 Å². The highest BCUT2D eigenvalue weighted by atomic mass is 32.2. The van der Waals surface area contributed by atoms with Gasteiger partial charge in [0.05, 0.1) is 6.61 Å². The quantitative estimate of drug-likeness (QED) is 0.801. The lowest BCUT2D eigenvalue weighted by atomic mass is 9.85. The molecule has 18 heavy (non-hydrogen) atoms. The largest absolute Gasteiger partial charge is 0.381 e. The molecule has 2 aliphatic rings. The van der Waals surface area contributed by atoms with Crippen LogP contribution in [0.4, 0.5) is 0 Å². The second-order valence-corrected chi connectivity index (χ2v) is 7.05. The molecule has 106 valence electrons. The maximum atomic E-state index is 5.69. The summed E-state index contributed by atoms with van der Waals surface area (Å²) < 4.78 is 5.69. The van der Waals surface area contributed by atoms with Crippen molar-refractivity contribution < 1.29 is 4.74 Å². The first-order valence-electron chi connectivity index (χ1n) is 7.79. The average Bonchev–Trinajstić information content (AvgIpc) is 2.45. The second kappa shape index (κ2) is 8.44. The lowest BCUT2D eigenvalue weighted by Gasteiger charge is -2.34. The van der Waals surface area contributed by atoms with Gasteiger partial charge in [0, 0.05) is 12.6 Å². The average molecular weight is 271 g/mol. The van der Waals surface area contributed by atoms with Crippen LogP contribution in [0.3, 0.4) is 0 Å². The first-order chi connectivity index (χ1) is 8.90. The molecule has 2 heterocycles. The van der Waals surface area contributed by atoms with Crippen molar-refractivity contribution in [1.82, 2.24) is 5.32 Å². The van der Waals surface area contributed by atoms with Gasteiger partial charge in [-0.1, -0.05) is 6.92 Å². The Kier molecular flexibility index (Phi) is 6.88. The molecule has 0 aromatic rings. The zero-order valence-electron chi connectivity index (χ0n) is 11.8. The molecule has 0 aromatic carbocycles. The molecule has 2 aliphatic heterocycles. The van der Waals surface area contributed by atoms with Gasteiger partial charge in [-0.3, -0.25) is 0 Å². The molecule has 3 heteroatoms. The minimum atomic E-state index is 0.707. The normalized spacial score (nSPS) is 28.2. The van der Waals surface area contributed by atoms with Crippen LogP contribution < -0.4 is 5.32 Å². The predicted octanol–water partition coefficient (Wildman–Crippen LogP) is 3.31. The van der Waals surface area contributed by atoms with Crippen LogP contribution >= 0.6 is 11.8 Å². The van der Waals surface area contributed by atoms with E-state index in [-0.39, 0.29) is 0 Å². The van der Waals surface area contributed by atoms with Crippen LogP contribution in [0.1, 0.15) is 45.4 Å². The smallest absolute Gasteiger partial charge is 0.0509 e. The molecular formula is C15H29NOS. The molecule has 1 N–H and O–H groups in total. The first kappa shape index (κ1) is 14.7. The van der Waals surface area contributed by atoms with Gasteiger partial charge in [-0.15, -0.1) is 0 Å². The van der Waals surface area contributed by atoms with Crippen molar-refractivity contribution in [2.24, 2.45) is 11.8 Å². The summed E-state index contributed by atoms with van der Waals surface area (Å²) in [4.78, 5) is 0. The fraction of sp³-hybridized carbons (Fsp3) is 1.00. The van der Waals surface area contributed by atoms with Gasteiger partial charge >= 0.3 is 0 Å². The summed E-state index contributed by atoms with van der Waals surface area (Å²) in [6.45, 7) is 5.40. The van der Waals surface area contributed by atoms with E-state index in [0.717, 1.165) is 25.0 Å². The van der Waals surface area contributed by atoms with Gasteiger partial charge in [0.25, 0.3) is 0 Å². The Balaban J connectivity index is 1.82. The highest BCUT2D eigenvalue weighted by molar-refractivity contribution is 7.99. The molecule has 2 fully saturated rings. The van der Waals surface area contributed by atoms with Crippen LogP contribution in [-0.4, -0.2) is 37.3 Å². The van der Waals surface area contributed by atoms with Gasteiger partial charge in [-0.25, -0.2) is 0 Å². The van der Waals surface area contributed by atoms with E-state index in [1.54, 1.807) is 0 Å². The van der Waals surface area contributed by atoms with Crippen molar-refractivity contribution in [2.45, 2.75) is 51.5 Å². The summed E-state index contributed by atoms with van der Waals surface area (Å²) in [5.74, 6) is 4.49. The van der Waals surface area contributed by atoms with E-state index in [1.807, 2.05) is 0 Å². The number of hydrogen-bond acceptors (Lipinski definition) is 3. The Labute approximate surface area is 117 Å². The molecule has 0 aliphatic carbocycles. The molecule has 2 unspecified atom stereocenters. The Hall–Kier alpha value is 0.270. The molecule has 2 nitrogen and oxygen atoms in total. The summed E-state index contributed by atoms with van der Waals surface area (Å²) in [7, 11) is 0. The lowest BCUT2D eigenvalue weighted by molar-refractivity contribution is 0.0349. The van der Waals surface area contributed by atoms with Gasteiger partial charge in [-0.05, 0) is 68.4 Å². The Morgan fingerprint density at radius 1 is 1.28 bits per heavy atom. The van der Waals surface area contributed by atoms with Crippen LogP contribution in [-0.2, 0) is 4.74 Å². The number of nitrogens with one attached hydrogen (secondary N) is 1. The summed E-state index contributed by atoms with van der Waals surface area (Å²) in [5.41, 5.74) is 0. The number of hydrogen-bond donors (Lipinski definition) is 1. The minimum absolute atomic E-state index is 0.707. The zero-order valence-corrected chi connectivity index (χ0v) is 12.6. The number of rotatable bonds is 6. The van der Waals surface area contributed by atoms with Gasteiger partial charge in [0.15, 0.2) is 0 Å². The number of ether oxygens (including phenoxy) is 1. The molecule has 2 saturated heterocycles. The van der Waals surface area contributed by atoms with Crippen molar-refractivity contribution in [3.05, 3.63) is 0 Å². The molecule has 0 bridgehead atoms. The fourth-order valence-electron chi connectivity index (χ4n) is 3.20. The fourth-order valence-corrected chi connectivity index (χ4v) is 4.40. The molecule has 2 atom stereocenters. The van der Waals surface area contributed by atoms with E-state index in [9.17, 15) is 0 Å². The van der Waals surface area contributed by atoms with Crippen LogP contribution in [0.5, 0.6) is 0 Å². The third kappa shape index (κ3) is 4.75. The Bertz CT molecular complexity index is 213. The topological polar surface area (TPSA) is 21.3 Å². The SMILES string of the molecule is CCCNC(CC1CCSCC1)C1CCCOC1. The highest BCUT2D eigenvalue weighted by Gasteiger charge is 2.27. The molecule has 0 saturated carbocycles. The molecule has 0 radical (unpaired) electrons. The summed E-state index contributed by atoms with van der Waals surface area (Å²) in [5, 5.41) is 3.80. The van der Waals surface area contributed by atoms with E-state index >= 15 is 0 Å². The summed E-state index contributed by atoms with van der Waals surface area (Å²) in [6, 6.07) is 0.707. The van der Waals surface area contributed by atoms with E-state index in [4.69, 9.17) is 4.74 Å². The molecule has 0 aromatic heterocycles. The summed E-state index contributed by atoms with van der Waals surface area (Å²) >= 11 is 2.13. The monoisotopic (exact) mass is 271 g/mol. The zero-order chi connectivity index (χ0) is 12.6. The van der Waals surface area contributed by atoms with Crippen LogP contribution in [0.2, 0.25) is 0 Å². The third-order valence-corrected chi connectivity index (χ3v) is 5.40. The van der Waals surface area contributed by atoms with E-state index < -0.39 is 0 Å². The summed E-state index contributed by atoms with van der Waals surface area (Å²) in [6.07, 6.45) is 8.11. The maximum absolute atomic E-state index is 5.69. The van der Waals surface area contributed by atoms with Crippen molar-refractivity contribution >= 4 is 11.8 Å². The standard InChI is InChI=1S/C15H29NOS/c1-2-7-16-15(14-4-3-8-17-12-14)11-13-5-9-18-10-6-13/h13-16H,2-12H2,1H3. The van der Waals surface area contributed by atoms with Crippen LogP contribution in [0.15, 0.2) is 0 Å². The minimum Gasteiger partial charge on any atom is -0.381 e. The Morgan fingerprint density at radius 3 is 2.78 bits per heavy atom. The first-order valence-corrected chi connectivity index (χ1v) is 8.94. The van der Waals surface area contributed by atoms with Gasteiger partial charge in [0.1, 0.15) is 0 Å². The third-order valence-electron chi connectivity index (χ3n) is 4.35. The van der Waals surface area contributed by atoms with Crippen molar-refractivity contribution in [3.8, 4) is 0 Å². The van der Waals surface area contributed by atoms with E-state index in [0.29, 0.717) is 6.04 Å². The highest BCUT2D eigenvalue weighted by Crippen LogP contribution is 2.30. The molecule has 0 amide bonds. The van der Waals surface area contributed by atoms with Crippen molar-refractivity contribution in [3.63, 3.8) is 0 Å². The predicted molar refractivity (Wildman–Crippen MR) is 80.3 cm³/mol. The van der Waals surface area contributed by atoms with Crippen molar-refractivity contribution in [2.75, 3.05) is 31.3 Å². The molecular weight excluding hydrogens is 242 g/mol.